The molecule has 1 aliphatic heterocycles. The van der Waals surface area contributed by atoms with E-state index in [1.165, 1.54) is 11.1 Å². The first kappa shape index (κ1) is 15.8. The van der Waals surface area contributed by atoms with Crippen molar-refractivity contribution >= 4 is 6.09 Å². The summed E-state index contributed by atoms with van der Waals surface area (Å²) in [6, 6.07) is 8.49. The zero-order chi connectivity index (χ0) is 15.6. The molecule has 4 nitrogen and oxygen atoms in total. The highest BCUT2D eigenvalue weighted by Crippen LogP contribution is 2.25. The van der Waals surface area contributed by atoms with Crippen molar-refractivity contribution in [2.45, 2.75) is 52.2 Å². The zero-order valence-corrected chi connectivity index (χ0v) is 13.5. The van der Waals surface area contributed by atoms with Crippen molar-refractivity contribution in [3.05, 3.63) is 35.4 Å². The first-order chi connectivity index (χ1) is 9.79. The molecule has 116 valence electrons. The van der Waals surface area contributed by atoms with Crippen molar-refractivity contribution in [3.8, 4) is 0 Å². The predicted molar refractivity (Wildman–Crippen MR) is 84.5 cm³/mol. The second kappa shape index (κ2) is 6.06. The Hall–Kier alpha value is -1.55. The normalized spacial score (nSPS) is 19.7. The minimum Gasteiger partial charge on any atom is -0.465 e. The highest BCUT2D eigenvalue weighted by molar-refractivity contribution is 5.66. The summed E-state index contributed by atoms with van der Waals surface area (Å²) in [5.41, 5.74) is 2.28. The van der Waals surface area contributed by atoms with Crippen molar-refractivity contribution in [1.82, 2.24) is 9.80 Å². The molecule has 1 aliphatic rings. The van der Waals surface area contributed by atoms with Gasteiger partial charge in [0.2, 0.25) is 0 Å². The maximum Gasteiger partial charge on any atom is 0.408 e. The Morgan fingerprint density at radius 2 is 2.05 bits per heavy atom. The van der Waals surface area contributed by atoms with E-state index in [1.807, 2.05) is 20.8 Å². The average molecular weight is 290 g/mol. The van der Waals surface area contributed by atoms with Crippen molar-refractivity contribution in [2.24, 2.45) is 0 Å². The first-order valence-electron chi connectivity index (χ1n) is 7.58. The molecular weight excluding hydrogens is 264 g/mol. The number of hydrogen-bond donors (Lipinski definition) is 1. The van der Waals surface area contributed by atoms with Gasteiger partial charge in [0.25, 0.3) is 0 Å². The quantitative estimate of drug-likeness (QED) is 0.928. The Balaban J connectivity index is 2.03. The van der Waals surface area contributed by atoms with Gasteiger partial charge in [-0.15, -0.1) is 0 Å². The van der Waals surface area contributed by atoms with Crippen LogP contribution in [-0.4, -0.2) is 45.7 Å². The van der Waals surface area contributed by atoms with Crippen LogP contribution in [0.15, 0.2) is 24.3 Å². The molecule has 21 heavy (non-hydrogen) atoms. The Bertz CT molecular complexity index is 508. The van der Waals surface area contributed by atoms with Crippen molar-refractivity contribution < 1.29 is 9.90 Å². The minimum atomic E-state index is -0.815. The van der Waals surface area contributed by atoms with Crippen LogP contribution >= 0.6 is 0 Å². The molecule has 1 atom stereocenters. The second-order valence-corrected chi connectivity index (χ2v) is 6.93. The van der Waals surface area contributed by atoms with Crippen LogP contribution in [0.5, 0.6) is 0 Å². The lowest BCUT2D eigenvalue weighted by Gasteiger charge is -2.38. The van der Waals surface area contributed by atoms with Crippen LogP contribution in [-0.2, 0) is 6.54 Å². The van der Waals surface area contributed by atoms with Crippen LogP contribution in [0.25, 0.3) is 0 Å². The van der Waals surface area contributed by atoms with Gasteiger partial charge in [0.05, 0.1) is 0 Å². The third-order valence-electron chi connectivity index (χ3n) is 4.20. The lowest BCUT2D eigenvalue weighted by molar-refractivity contribution is 0.0719. The zero-order valence-electron chi connectivity index (χ0n) is 13.5. The van der Waals surface area contributed by atoms with E-state index in [9.17, 15) is 9.90 Å². The highest BCUT2D eigenvalue weighted by atomic mass is 16.4. The van der Waals surface area contributed by atoms with Gasteiger partial charge in [-0.25, -0.2) is 4.79 Å². The van der Waals surface area contributed by atoms with Crippen LogP contribution in [0, 0.1) is 6.92 Å². The molecule has 0 aromatic heterocycles. The number of nitrogens with zero attached hydrogens (tertiary/aromatic N) is 2. The van der Waals surface area contributed by atoms with Crippen molar-refractivity contribution in [3.63, 3.8) is 0 Å². The first-order valence-corrected chi connectivity index (χ1v) is 7.58. The molecule has 0 bridgehead atoms. The molecule has 1 N–H and O–H groups in total. The number of benzene rings is 1. The lowest BCUT2D eigenvalue weighted by atomic mass is 10.0. The van der Waals surface area contributed by atoms with Gasteiger partial charge in [-0.05, 0) is 45.2 Å². The van der Waals surface area contributed by atoms with Gasteiger partial charge in [-0.2, -0.15) is 0 Å². The number of hydrogen-bond acceptors (Lipinski definition) is 2. The van der Waals surface area contributed by atoms with Crippen LogP contribution in [0.4, 0.5) is 4.79 Å². The van der Waals surface area contributed by atoms with Gasteiger partial charge in [0, 0.05) is 31.2 Å². The third-order valence-corrected chi connectivity index (χ3v) is 4.20. The fourth-order valence-corrected chi connectivity index (χ4v) is 3.19. The SMILES string of the molecule is Cc1ccccc1CN1CC[C@@H](N(C(=O)O)C(C)(C)C)C1. The van der Waals surface area contributed by atoms with Gasteiger partial charge in [-0.3, -0.25) is 9.80 Å². The van der Waals surface area contributed by atoms with E-state index >= 15 is 0 Å². The minimum absolute atomic E-state index is 0.0894. The van der Waals surface area contributed by atoms with Gasteiger partial charge in [0.15, 0.2) is 0 Å². The van der Waals surface area contributed by atoms with E-state index in [0.717, 1.165) is 26.1 Å². The monoisotopic (exact) mass is 290 g/mol. The molecule has 0 radical (unpaired) electrons. The summed E-state index contributed by atoms with van der Waals surface area (Å²) in [5.74, 6) is 0. The topological polar surface area (TPSA) is 43.8 Å². The van der Waals surface area contributed by atoms with E-state index < -0.39 is 6.09 Å². The van der Waals surface area contributed by atoms with Gasteiger partial charge in [0.1, 0.15) is 0 Å². The van der Waals surface area contributed by atoms with Gasteiger partial charge >= 0.3 is 6.09 Å². The molecule has 0 saturated carbocycles. The highest BCUT2D eigenvalue weighted by Gasteiger charge is 2.37. The number of aryl methyl sites for hydroxylation is 1. The molecule has 1 amide bonds. The Labute approximate surface area is 127 Å². The number of carboxylic acid groups (broad SMARTS) is 1. The number of carbonyl (C=O) groups is 1. The molecule has 0 unspecified atom stereocenters. The maximum absolute atomic E-state index is 11.6. The molecule has 1 fully saturated rings. The molecule has 2 rings (SSSR count). The Kier molecular flexibility index (Phi) is 4.57. The smallest absolute Gasteiger partial charge is 0.408 e. The number of amides is 1. The second-order valence-electron chi connectivity index (χ2n) is 6.93. The standard InChI is InChI=1S/C17H26N2O2/c1-13-7-5-6-8-14(13)11-18-10-9-15(12-18)19(16(20)21)17(2,3)4/h5-8,15H,9-12H2,1-4H3,(H,20,21)/t15-/m1/s1. The summed E-state index contributed by atoms with van der Waals surface area (Å²) in [7, 11) is 0. The fourth-order valence-electron chi connectivity index (χ4n) is 3.19. The van der Waals surface area contributed by atoms with Crippen molar-refractivity contribution in [2.75, 3.05) is 13.1 Å². The van der Waals surface area contributed by atoms with E-state index in [-0.39, 0.29) is 11.6 Å². The summed E-state index contributed by atoms with van der Waals surface area (Å²) in [4.78, 5) is 15.5. The van der Waals surface area contributed by atoms with E-state index in [0.29, 0.717) is 0 Å². The van der Waals surface area contributed by atoms with Crippen LogP contribution in [0.1, 0.15) is 38.3 Å². The summed E-state index contributed by atoms with van der Waals surface area (Å²) in [6.45, 7) is 10.7. The molecule has 0 aliphatic carbocycles. The molecule has 0 spiro atoms. The third kappa shape index (κ3) is 3.76. The van der Waals surface area contributed by atoms with Crippen LogP contribution < -0.4 is 0 Å². The van der Waals surface area contributed by atoms with Crippen molar-refractivity contribution in [1.29, 1.82) is 0 Å². The summed E-state index contributed by atoms with van der Waals surface area (Å²) < 4.78 is 0. The van der Waals surface area contributed by atoms with E-state index in [1.54, 1.807) is 4.90 Å². The number of rotatable bonds is 3. The van der Waals surface area contributed by atoms with Gasteiger partial charge in [-0.1, -0.05) is 24.3 Å². The molecule has 1 aromatic carbocycles. The Morgan fingerprint density at radius 3 is 2.62 bits per heavy atom. The average Bonchev–Trinajstić information content (AvgIpc) is 2.78. The molecule has 1 heterocycles. The maximum atomic E-state index is 11.6. The predicted octanol–water partition coefficient (Wildman–Crippen LogP) is 3.35. The molecule has 1 aromatic rings. The van der Waals surface area contributed by atoms with E-state index in [4.69, 9.17) is 0 Å². The van der Waals surface area contributed by atoms with Gasteiger partial charge < -0.3 is 5.11 Å². The molecule has 4 heteroatoms. The largest absolute Gasteiger partial charge is 0.465 e. The summed E-state index contributed by atoms with van der Waals surface area (Å²) >= 11 is 0. The van der Waals surface area contributed by atoms with Crippen LogP contribution in [0.2, 0.25) is 0 Å². The summed E-state index contributed by atoms with van der Waals surface area (Å²) in [6.07, 6.45) is 0.0976. The lowest BCUT2D eigenvalue weighted by Crippen LogP contribution is -2.52. The van der Waals surface area contributed by atoms with E-state index in [2.05, 4.69) is 36.1 Å². The Morgan fingerprint density at radius 1 is 1.38 bits per heavy atom. The molecular formula is C17H26N2O2. The number of likely N-dealkylation sites (tertiary alicyclic amines) is 1. The fraction of sp³-hybridized carbons (Fsp3) is 0.588. The summed E-state index contributed by atoms with van der Waals surface area (Å²) in [5, 5.41) is 9.50. The molecule has 1 saturated heterocycles. The van der Waals surface area contributed by atoms with Crippen LogP contribution in [0.3, 0.4) is 0 Å².